The third-order valence-electron chi connectivity index (χ3n) is 5.32. The van der Waals surface area contributed by atoms with Crippen molar-refractivity contribution in [1.82, 2.24) is 10.2 Å². The van der Waals surface area contributed by atoms with Crippen LogP contribution in [0.15, 0.2) is 60.7 Å². The highest BCUT2D eigenvalue weighted by molar-refractivity contribution is 5.89. The fourth-order valence-electron chi connectivity index (χ4n) is 3.72. The minimum atomic E-state index is -0.231. The van der Waals surface area contributed by atoms with Gasteiger partial charge in [-0.15, -0.1) is 0 Å². The first kappa shape index (κ1) is 16.8. The van der Waals surface area contributed by atoms with Crippen molar-refractivity contribution in [3.8, 4) is 0 Å². The first-order valence-corrected chi connectivity index (χ1v) is 9.39. The first-order chi connectivity index (χ1) is 12.7. The van der Waals surface area contributed by atoms with Crippen LogP contribution in [-0.4, -0.2) is 29.3 Å². The van der Waals surface area contributed by atoms with E-state index in [0.717, 1.165) is 24.8 Å². The van der Waals surface area contributed by atoms with E-state index in [1.54, 1.807) is 0 Å². The van der Waals surface area contributed by atoms with Gasteiger partial charge in [-0.2, -0.15) is 0 Å². The second-order valence-electron chi connectivity index (χ2n) is 7.34. The van der Waals surface area contributed by atoms with Gasteiger partial charge < -0.3 is 10.2 Å². The van der Waals surface area contributed by atoms with Crippen LogP contribution in [0.1, 0.15) is 36.4 Å². The van der Waals surface area contributed by atoms with Crippen LogP contribution in [0.2, 0.25) is 0 Å². The minimum Gasteiger partial charge on any atom is -0.349 e. The van der Waals surface area contributed by atoms with Gasteiger partial charge in [0.05, 0.1) is 12.0 Å². The van der Waals surface area contributed by atoms with Crippen LogP contribution in [0.4, 0.5) is 0 Å². The molecule has 2 aromatic carbocycles. The SMILES string of the molecule is O=C(N[C@@H](Cc1ccccc1)c1ccccc1)[C@@H]1CC(=O)N(C2CC2)C1. The molecule has 26 heavy (non-hydrogen) atoms. The minimum absolute atomic E-state index is 0.00807. The molecule has 0 aromatic heterocycles. The maximum atomic E-state index is 12.9. The van der Waals surface area contributed by atoms with E-state index in [1.165, 1.54) is 5.56 Å². The van der Waals surface area contributed by atoms with Gasteiger partial charge in [0.25, 0.3) is 0 Å². The van der Waals surface area contributed by atoms with Crippen molar-refractivity contribution >= 4 is 11.8 Å². The third kappa shape index (κ3) is 3.79. The van der Waals surface area contributed by atoms with E-state index in [1.807, 2.05) is 53.4 Å². The van der Waals surface area contributed by atoms with Crippen molar-refractivity contribution in [2.45, 2.75) is 37.8 Å². The summed E-state index contributed by atoms with van der Waals surface area (Å²) in [5.74, 6) is -0.108. The summed E-state index contributed by atoms with van der Waals surface area (Å²) in [7, 11) is 0. The highest BCUT2D eigenvalue weighted by Crippen LogP contribution is 2.33. The highest BCUT2D eigenvalue weighted by Gasteiger charge is 2.42. The molecule has 4 rings (SSSR count). The summed E-state index contributed by atoms with van der Waals surface area (Å²) in [4.78, 5) is 26.9. The van der Waals surface area contributed by atoms with Crippen molar-refractivity contribution in [3.63, 3.8) is 0 Å². The summed E-state index contributed by atoms with van der Waals surface area (Å²) < 4.78 is 0. The van der Waals surface area contributed by atoms with Crippen molar-refractivity contribution in [2.75, 3.05) is 6.54 Å². The molecular weight excluding hydrogens is 324 g/mol. The maximum absolute atomic E-state index is 12.9. The van der Waals surface area contributed by atoms with Gasteiger partial charge >= 0.3 is 0 Å². The van der Waals surface area contributed by atoms with Gasteiger partial charge in [-0.25, -0.2) is 0 Å². The van der Waals surface area contributed by atoms with E-state index in [9.17, 15) is 9.59 Å². The molecule has 2 amide bonds. The van der Waals surface area contributed by atoms with Crippen molar-refractivity contribution in [1.29, 1.82) is 0 Å². The van der Waals surface area contributed by atoms with E-state index in [4.69, 9.17) is 0 Å². The Morgan fingerprint density at radius 1 is 1.04 bits per heavy atom. The molecule has 0 unspecified atom stereocenters. The number of nitrogens with zero attached hydrogens (tertiary/aromatic N) is 1. The lowest BCUT2D eigenvalue weighted by Crippen LogP contribution is -2.36. The summed E-state index contributed by atoms with van der Waals surface area (Å²) >= 11 is 0. The lowest BCUT2D eigenvalue weighted by atomic mass is 9.97. The van der Waals surface area contributed by atoms with E-state index in [-0.39, 0.29) is 23.8 Å². The Balaban J connectivity index is 1.47. The molecule has 4 nitrogen and oxygen atoms in total. The molecule has 0 spiro atoms. The van der Waals surface area contributed by atoms with Crippen molar-refractivity contribution < 1.29 is 9.59 Å². The summed E-state index contributed by atoms with van der Waals surface area (Å²) in [6, 6.07) is 20.5. The molecule has 2 fully saturated rings. The van der Waals surface area contributed by atoms with E-state index in [0.29, 0.717) is 19.0 Å². The molecule has 1 saturated carbocycles. The average molecular weight is 348 g/mol. The smallest absolute Gasteiger partial charge is 0.225 e. The fourth-order valence-corrected chi connectivity index (χ4v) is 3.72. The van der Waals surface area contributed by atoms with E-state index >= 15 is 0 Å². The van der Waals surface area contributed by atoms with Crippen LogP contribution in [0, 0.1) is 5.92 Å². The van der Waals surface area contributed by atoms with Crippen LogP contribution >= 0.6 is 0 Å². The third-order valence-corrected chi connectivity index (χ3v) is 5.32. The number of rotatable bonds is 6. The Hall–Kier alpha value is -2.62. The molecule has 0 radical (unpaired) electrons. The Kier molecular flexibility index (Phi) is 4.74. The Morgan fingerprint density at radius 3 is 2.35 bits per heavy atom. The Morgan fingerprint density at radius 2 is 1.69 bits per heavy atom. The molecule has 2 atom stereocenters. The van der Waals surface area contributed by atoms with Crippen LogP contribution < -0.4 is 5.32 Å². The number of hydrogen-bond donors (Lipinski definition) is 1. The Bertz CT molecular complexity index is 771. The molecule has 1 saturated heterocycles. The van der Waals surface area contributed by atoms with Gasteiger partial charge in [0.15, 0.2) is 0 Å². The lowest BCUT2D eigenvalue weighted by Gasteiger charge is -2.22. The maximum Gasteiger partial charge on any atom is 0.225 e. The zero-order valence-electron chi connectivity index (χ0n) is 14.8. The van der Waals surface area contributed by atoms with Gasteiger partial charge in [-0.3, -0.25) is 9.59 Å². The zero-order chi connectivity index (χ0) is 17.9. The van der Waals surface area contributed by atoms with Gasteiger partial charge in [0.1, 0.15) is 0 Å². The van der Waals surface area contributed by atoms with Crippen LogP contribution in [0.5, 0.6) is 0 Å². The van der Waals surface area contributed by atoms with Gasteiger partial charge in [0, 0.05) is 19.0 Å². The van der Waals surface area contributed by atoms with Crippen molar-refractivity contribution in [2.24, 2.45) is 5.92 Å². The molecule has 1 aliphatic carbocycles. The summed E-state index contributed by atoms with van der Waals surface area (Å²) in [6.45, 7) is 0.572. The Labute approximate surface area is 154 Å². The number of hydrogen-bond acceptors (Lipinski definition) is 2. The molecule has 1 N–H and O–H groups in total. The van der Waals surface area contributed by atoms with Gasteiger partial charge in [0.2, 0.25) is 11.8 Å². The second-order valence-corrected chi connectivity index (χ2v) is 7.34. The topological polar surface area (TPSA) is 49.4 Å². The van der Waals surface area contributed by atoms with E-state index < -0.39 is 0 Å². The highest BCUT2D eigenvalue weighted by atomic mass is 16.2. The van der Waals surface area contributed by atoms with Crippen molar-refractivity contribution in [3.05, 3.63) is 71.8 Å². The van der Waals surface area contributed by atoms with Crippen LogP contribution in [0.3, 0.4) is 0 Å². The normalized spacial score (nSPS) is 20.8. The number of carbonyl (C=O) groups excluding carboxylic acids is 2. The van der Waals surface area contributed by atoms with Crippen LogP contribution in [0.25, 0.3) is 0 Å². The summed E-state index contributed by atoms with van der Waals surface area (Å²) in [6.07, 6.45) is 3.25. The predicted molar refractivity (Wildman–Crippen MR) is 100 cm³/mol. The molecule has 1 heterocycles. The number of amides is 2. The standard InChI is InChI=1S/C22H24N2O2/c25-21-14-18(15-24(21)19-11-12-19)22(26)23-20(17-9-5-2-6-10-17)13-16-7-3-1-4-8-16/h1-10,18-20H,11-15H2,(H,23,26)/t18-,20+/m1/s1. The molecule has 2 aliphatic rings. The number of benzene rings is 2. The zero-order valence-corrected chi connectivity index (χ0v) is 14.8. The lowest BCUT2D eigenvalue weighted by molar-refractivity contribution is -0.129. The number of nitrogens with one attached hydrogen (secondary N) is 1. The molecule has 0 bridgehead atoms. The molecule has 2 aromatic rings. The largest absolute Gasteiger partial charge is 0.349 e. The molecule has 4 heteroatoms. The monoisotopic (exact) mass is 348 g/mol. The molecular formula is C22H24N2O2. The molecule has 1 aliphatic heterocycles. The number of carbonyl (C=O) groups is 2. The second kappa shape index (κ2) is 7.32. The van der Waals surface area contributed by atoms with Gasteiger partial charge in [-0.1, -0.05) is 60.7 Å². The average Bonchev–Trinajstić information content (AvgIpc) is 3.44. The summed E-state index contributed by atoms with van der Waals surface area (Å²) in [5.41, 5.74) is 2.27. The molecule has 134 valence electrons. The fraction of sp³-hybridized carbons (Fsp3) is 0.364. The van der Waals surface area contributed by atoms with Gasteiger partial charge in [-0.05, 0) is 30.4 Å². The van der Waals surface area contributed by atoms with Crippen LogP contribution in [-0.2, 0) is 16.0 Å². The predicted octanol–water partition coefficient (Wildman–Crippen LogP) is 3.10. The summed E-state index contributed by atoms with van der Waals surface area (Å²) in [5, 5.41) is 3.21. The number of likely N-dealkylation sites (tertiary alicyclic amines) is 1. The van der Waals surface area contributed by atoms with E-state index in [2.05, 4.69) is 17.4 Å². The quantitative estimate of drug-likeness (QED) is 0.872. The first-order valence-electron chi connectivity index (χ1n) is 9.39.